The Balaban J connectivity index is 1.64. The molecule has 0 atom stereocenters. The van der Waals surface area contributed by atoms with E-state index in [1.165, 1.54) is 0 Å². The van der Waals surface area contributed by atoms with Crippen molar-refractivity contribution in [2.24, 2.45) is 0 Å². The van der Waals surface area contributed by atoms with Crippen LogP contribution in [0.15, 0.2) is 53.9 Å². The molecule has 3 rings (SSSR count). The lowest BCUT2D eigenvalue weighted by atomic mass is 10.2. The van der Waals surface area contributed by atoms with Gasteiger partial charge in [0.05, 0.1) is 0 Å². The average molecular weight is 317 g/mol. The lowest BCUT2D eigenvalue weighted by molar-refractivity contribution is 0.174. The summed E-state index contributed by atoms with van der Waals surface area (Å²) in [6, 6.07) is 14.6. The number of sulfonamides is 1. The molecular weight excluding hydrogens is 302 g/mol. The van der Waals surface area contributed by atoms with E-state index in [4.69, 9.17) is 9.47 Å². The first kappa shape index (κ1) is 14.6. The minimum absolute atomic E-state index is 0.193. The predicted octanol–water partition coefficient (Wildman–Crippen LogP) is 2.51. The van der Waals surface area contributed by atoms with E-state index in [0.29, 0.717) is 11.5 Å². The number of rotatable bonds is 5. The highest BCUT2D eigenvalue weighted by atomic mass is 32.2. The van der Waals surface area contributed by atoms with Crippen molar-refractivity contribution in [2.45, 2.75) is 6.54 Å². The molecule has 0 unspecified atom stereocenters. The van der Waals surface area contributed by atoms with Crippen molar-refractivity contribution >= 4 is 16.1 Å². The third-order valence-corrected chi connectivity index (χ3v) is 4.19. The van der Waals surface area contributed by atoms with Crippen molar-refractivity contribution < 1.29 is 17.9 Å². The molecule has 1 heterocycles. The summed E-state index contributed by atoms with van der Waals surface area (Å²) >= 11 is 0. The van der Waals surface area contributed by atoms with Crippen LogP contribution in [0.3, 0.4) is 0 Å². The maximum Gasteiger partial charge on any atom is 0.234 e. The highest BCUT2D eigenvalue weighted by Gasteiger charge is 2.13. The Kier molecular flexibility index (Phi) is 4.13. The molecule has 22 heavy (non-hydrogen) atoms. The molecule has 2 aromatic rings. The smallest absolute Gasteiger partial charge is 0.234 e. The molecule has 0 fully saturated rings. The van der Waals surface area contributed by atoms with E-state index in [0.717, 1.165) is 16.5 Å². The lowest BCUT2D eigenvalue weighted by Crippen LogP contribution is -2.20. The van der Waals surface area contributed by atoms with Crippen molar-refractivity contribution in [3.05, 3.63) is 65.1 Å². The summed E-state index contributed by atoms with van der Waals surface area (Å²) in [5, 5.41) is 1.16. The minimum atomic E-state index is -3.49. The number of hydrogen-bond donors (Lipinski definition) is 1. The number of ether oxygens (including phenoxy) is 2. The number of nitrogens with one attached hydrogen (secondary N) is 1. The van der Waals surface area contributed by atoms with Gasteiger partial charge in [-0.05, 0) is 29.3 Å². The zero-order valence-corrected chi connectivity index (χ0v) is 12.5. The highest BCUT2D eigenvalue weighted by Crippen LogP contribution is 2.32. The minimum Gasteiger partial charge on any atom is -0.454 e. The van der Waals surface area contributed by atoms with Gasteiger partial charge in [-0.2, -0.15) is 0 Å². The van der Waals surface area contributed by atoms with E-state index in [9.17, 15) is 8.42 Å². The summed E-state index contributed by atoms with van der Waals surface area (Å²) in [5.74, 6) is 1.31. The van der Waals surface area contributed by atoms with E-state index in [1.54, 1.807) is 24.3 Å². The molecule has 0 saturated carbocycles. The van der Waals surface area contributed by atoms with Crippen LogP contribution in [-0.4, -0.2) is 15.2 Å². The third-order valence-electron chi connectivity index (χ3n) is 3.15. The molecule has 2 aromatic carbocycles. The standard InChI is InChI=1S/C16H15NO4S/c18-22(19,9-8-13-4-2-1-3-5-13)17-11-14-6-7-15-16(10-14)21-12-20-15/h1-10,17H,11-12H2. The molecule has 0 bridgehead atoms. The number of benzene rings is 2. The van der Waals surface area contributed by atoms with Crippen LogP contribution >= 0.6 is 0 Å². The van der Waals surface area contributed by atoms with Crippen LogP contribution < -0.4 is 14.2 Å². The number of fused-ring (bicyclic) bond motifs is 1. The summed E-state index contributed by atoms with van der Waals surface area (Å²) in [6.45, 7) is 0.391. The predicted molar refractivity (Wildman–Crippen MR) is 83.8 cm³/mol. The van der Waals surface area contributed by atoms with E-state index in [1.807, 2.05) is 30.3 Å². The molecule has 1 N–H and O–H groups in total. The largest absolute Gasteiger partial charge is 0.454 e. The molecule has 0 amide bonds. The van der Waals surface area contributed by atoms with Gasteiger partial charge < -0.3 is 9.47 Å². The zero-order valence-electron chi connectivity index (χ0n) is 11.7. The van der Waals surface area contributed by atoms with Crippen molar-refractivity contribution in [2.75, 3.05) is 6.79 Å². The van der Waals surface area contributed by atoms with Gasteiger partial charge in [0.25, 0.3) is 0 Å². The SMILES string of the molecule is O=S(=O)(C=Cc1ccccc1)NCc1ccc2c(c1)OCO2. The first-order chi connectivity index (χ1) is 10.6. The van der Waals surface area contributed by atoms with E-state index in [-0.39, 0.29) is 13.3 Å². The Bertz CT molecular complexity index is 785. The van der Waals surface area contributed by atoms with Gasteiger partial charge >= 0.3 is 0 Å². The first-order valence-corrected chi connectivity index (χ1v) is 8.28. The molecule has 0 aromatic heterocycles. The summed E-state index contributed by atoms with van der Waals surface area (Å²) in [5.41, 5.74) is 1.64. The van der Waals surface area contributed by atoms with Crippen LogP contribution in [0.5, 0.6) is 11.5 Å². The van der Waals surface area contributed by atoms with Crippen molar-refractivity contribution in [1.82, 2.24) is 4.72 Å². The van der Waals surface area contributed by atoms with Crippen molar-refractivity contribution in [3.8, 4) is 11.5 Å². The lowest BCUT2D eigenvalue weighted by Gasteiger charge is -2.04. The van der Waals surface area contributed by atoms with Gasteiger partial charge in [0.2, 0.25) is 16.8 Å². The second kappa shape index (κ2) is 6.21. The summed E-state index contributed by atoms with van der Waals surface area (Å²) in [4.78, 5) is 0. The normalized spacial score (nSPS) is 13.6. The Morgan fingerprint density at radius 3 is 2.64 bits per heavy atom. The van der Waals surface area contributed by atoms with E-state index >= 15 is 0 Å². The van der Waals surface area contributed by atoms with Crippen LogP contribution in [0.2, 0.25) is 0 Å². The Hall–Kier alpha value is -2.31. The zero-order chi connectivity index (χ0) is 15.4. The van der Waals surface area contributed by atoms with Crippen LogP contribution in [0.1, 0.15) is 11.1 Å². The van der Waals surface area contributed by atoms with Crippen molar-refractivity contribution in [1.29, 1.82) is 0 Å². The quantitative estimate of drug-likeness (QED) is 0.920. The molecule has 5 nitrogen and oxygen atoms in total. The highest BCUT2D eigenvalue weighted by molar-refractivity contribution is 7.92. The van der Waals surface area contributed by atoms with Gasteiger partial charge in [0, 0.05) is 12.0 Å². The van der Waals surface area contributed by atoms with Gasteiger partial charge in [0.15, 0.2) is 11.5 Å². The van der Waals surface area contributed by atoms with E-state index < -0.39 is 10.0 Å². The monoisotopic (exact) mass is 317 g/mol. The first-order valence-electron chi connectivity index (χ1n) is 6.74. The molecule has 1 aliphatic heterocycles. The Morgan fingerprint density at radius 2 is 1.82 bits per heavy atom. The van der Waals surface area contributed by atoms with Gasteiger partial charge in [-0.1, -0.05) is 36.4 Å². The van der Waals surface area contributed by atoms with Crippen LogP contribution in [0, 0.1) is 0 Å². The fourth-order valence-electron chi connectivity index (χ4n) is 2.02. The van der Waals surface area contributed by atoms with Gasteiger partial charge in [-0.25, -0.2) is 13.1 Å². The third kappa shape index (κ3) is 3.66. The molecule has 114 valence electrons. The van der Waals surface area contributed by atoms with Gasteiger partial charge in [0.1, 0.15) is 0 Å². The summed E-state index contributed by atoms with van der Waals surface area (Å²) in [7, 11) is -3.49. The molecule has 0 radical (unpaired) electrons. The summed E-state index contributed by atoms with van der Waals surface area (Å²) < 4.78 is 36.9. The maximum absolute atomic E-state index is 12.0. The molecule has 1 aliphatic rings. The van der Waals surface area contributed by atoms with Gasteiger partial charge in [-0.15, -0.1) is 0 Å². The fourth-order valence-corrected chi connectivity index (χ4v) is 2.82. The molecule has 0 spiro atoms. The van der Waals surface area contributed by atoms with Gasteiger partial charge in [-0.3, -0.25) is 0 Å². The topological polar surface area (TPSA) is 64.6 Å². The summed E-state index contributed by atoms with van der Waals surface area (Å²) in [6.07, 6.45) is 1.56. The number of hydrogen-bond acceptors (Lipinski definition) is 4. The van der Waals surface area contributed by atoms with Crippen LogP contribution in [-0.2, 0) is 16.6 Å². The molecule has 6 heteroatoms. The fraction of sp³-hybridized carbons (Fsp3) is 0.125. The average Bonchev–Trinajstić information content (AvgIpc) is 3.00. The molecule has 0 saturated heterocycles. The Labute approximate surface area is 129 Å². The van der Waals surface area contributed by atoms with E-state index in [2.05, 4.69) is 4.72 Å². The second-order valence-electron chi connectivity index (χ2n) is 4.77. The Morgan fingerprint density at radius 1 is 1.05 bits per heavy atom. The maximum atomic E-state index is 12.0. The van der Waals surface area contributed by atoms with Crippen LogP contribution in [0.4, 0.5) is 0 Å². The molecule has 0 aliphatic carbocycles. The molecular formula is C16H15NO4S. The second-order valence-corrected chi connectivity index (χ2v) is 6.42. The van der Waals surface area contributed by atoms with Crippen molar-refractivity contribution in [3.63, 3.8) is 0 Å². The van der Waals surface area contributed by atoms with Crippen LogP contribution in [0.25, 0.3) is 6.08 Å².